The summed E-state index contributed by atoms with van der Waals surface area (Å²) in [4.78, 5) is -0.422. The van der Waals surface area contributed by atoms with Crippen molar-refractivity contribution in [2.24, 2.45) is 5.92 Å². The van der Waals surface area contributed by atoms with Gasteiger partial charge in [-0.15, -0.1) is 0 Å². The summed E-state index contributed by atoms with van der Waals surface area (Å²) in [6, 6.07) is 3.67. The number of nitrogen functional groups attached to an aromatic ring is 1. The molecule has 1 rings (SSSR count). The number of nitrogens with zero attached hydrogens (tertiary/aromatic N) is 1. The van der Waals surface area contributed by atoms with Crippen LogP contribution in [0.25, 0.3) is 0 Å². The smallest absolute Gasteiger partial charge is 0.399 e. The van der Waals surface area contributed by atoms with Crippen LogP contribution in [0.3, 0.4) is 0 Å². The van der Waals surface area contributed by atoms with Crippen LogP contribution in [0.4, 0.5) is 18.9 Å². The second kappa shape index (κ2) is 6.41. The van der Waals surface area contributed by atoms with Gasteiger partial charge in [-0.1, -0.05) is 25.4 Å². The molecule has 1 aromatic carbocycles. The first-order chi connectivity index (χ1) is 9.43. The molecule has 2 N–H and O–H groups in total. The Balaban J connectivity index is 3.29. The minimum Gasteiger partial charge on any atom is -0.399 e. The van der Waals surface area contributed by atoms with Gasteiger partial charge in [0.1, 0.15) is 11.4 Å². The molecule has 0 aliphatic heterocycles. The Morgan fingerprint density at radius 2 is 1.90 bits per heavy atom. The van der Waals surface area contributed by atoms with Crippen LogP contribution in [0.1, 0.15) is 13.8 Å². The summed E-state index contributed by atoms with van der Waals surface area (Å²) in [5.74, 6) is -0.276. The summed E-state index contributed by atoms with van der Waals surface area (Å²) in [7, 11) is -4.38. The summed E-state index contributed by atoms with van der Waals surface area (Å²) < 4.78 is 63.0. The topological polar surface area (TPSA) is 63.4 Å². The van der Waals surface area contributed by atoms with Gasteiger partial charge >= 0.3 is 6.18 Å². The fourth-order valence-corrected chi connectivity index (χ4v) is 3.81. The molecule has 0 heterocycles. The van der Waals surface area contributed by atoms with E-state index >= 15 is 0 Å². The minimum absolute atomic E-state index is 0.106. The molecule has 0 aliphatic rings. The van der Waals surface area contributed by atoms with Gasteiger partial charge < -0.3 is 5.73 Å². The molecule has 0 unspecified atom stereocenters. The first kappa shape index (κ1) is 18.1. The number of hydrogen-bond acceptors (Lipinski definition) is 3. The van der Waals surface area contributed by atoms with E-state index in [1.54, 1.807) is 13.8 Å². The third-order valence-electron chi connectivity index (χ3n) is 2.50. The average molecular weight is 345 g/mol. The normalized spacial score (nSPS) is 13.1. The van der Waals surface area contributed by atoms with E-state index < -0.39 is 27.6 Å². The maximum Gasteiger partial charge on any atom is 0.402 e. The zero-order chi connectivity index (χ0) is 16.4. The number of hydrogen-bond donors (Lipinski definition) is 1. The van der Waals surface area contributed by atoms with Gasteiger partial charge in [-0.3, -0.25) is 0 Å². The van der Waals surface area contributed by atoms with Crippen LogP contribution >= 0.6 is 11.6 Å². The van der Waals surface area contributed by atoms with E-state index in [2.05, 4.69) is 0 Å². The van der Waals surface area contributed by atoms with E-state index in [-0.39, 0.29) is 23.2 Å². The lowest BCUT2D eigenvalue weighted by Crippen LogP contribution is -2.41. The zero-order valence-corrected chi connectivity index (χ0v) is 13.1. The third-order valence-corrected chi connectivity index (χ3v) is 4.79. The lowest BCUT2D eigenvalue weighted by Gasteiger charge is -2.25. The van der Waals surface area contributed by atoms with Gasteiger partial charge in [0, 0.05) is 12.2 Å². The van der Waals surface area contributed by atoms with E-state index in [0.29, 0.717) is 4.31 Å². The molecule has 21 heavy (non-hydrogen) atoms. The summed E-state index contributed by atoms with van der Waals surface area (Å²) in [6.45, 7) is 1.41. The van der Waals surface area contributed by atoms with Crippen molar-refractivity contribution in [1.82, 2.24) is 4.31 Å². The highest BCUT2D eigenvalue weighted by Gasteiger charge is 2.38. The number of benzene rings is 1. The maximum atomic E-state index is 12.6. The van der Waals surface area contributed by atoms with Gasteiger partial charge in [0.05, 0.1) is 5.02 Å². The molecule has 0 bridgehead atoms. The van der Waals surface area contributed by atoms with Crippen LogP contribution in [0.2, 0.25) is 5.02 Å². The highest BCUT2D eigenvalue weighted by Crippen LogP contribution is 2.29. The van der Waals surface area contributed by atoms with E-state index in [0.717, 1.165) is 6.07 Å². The van der Waals surface area contributed by atoms with Crippen molar-refractivity contribution in [2.75, 3.05) is 18.8 Å². The van der Waals surface area contributed by atoms with Crippen LogP contribution in [-0.4, -0.2) is 32.0 Å². The summed E-state index contributed by atoms with van der Waals surface area (Å²) in [6.07, 6.45) is -4.64. The Labute approximate surface area is 126 Å². The number of rotatable bonds is 5. The molecular weight excluding hydrogens is 329 g/mol. The zero-order valence-electron chi connectivity index (χ0n) is 11.5. The molecule has 4 nitrogen and oxygen atoms in total. The minimum atomic E-state index is -4.64. The molecule has 0 atom stereocenters. The second-order valence-electron chi connectivity index (χ2n) is 5.00. The van der Waals surface area contributed by atoms with Crippen molar-refractivity contribution in [2.45, 2.75) is 24.9 Å². The lowest BCUT2D eigenvalue weighted by molar-refractivity contribution is -0.136. The Kier molecular flexibility index (Phi) is 5.51. The predicted molar refractivity (Wildman–Crippen MR) is 75.5 cm³/mol. The number of halogens is 4. The first-order valence-electron chi connectivity index (χ1n) is 6.05. The predicted octanol–water partition coefficient (Wildman–Crippen LogP) is 3.13. The highest BCUT2D eigenvalue weighted by atomic mass is 35.5. The molecule has 0 aliphatic carbocycles. The fraction of sp³-hybridized carbons (Fsp3) is 0.500. The van der Waals surface area contributed by atoms with Gasteiger partial charge in [0.15, 0.2) is 0 Å². The van der Waals surface area contributed by atoms with Crippen LogP contribution in [0, 0.1) is 5.92 Å². The fourth-order valence-electron chi connectivity index (χ4n) is 1.71. The quantitative estimate of drug-likeness (QED) is 0.835. The van der Waals surface area contributed by atoms with Gasteiger partial charge in [-0.25, -0.2) is 8.42 Å². The molecule has 0 saturated carbocycles. The van der Waals surface area contributed by atoms with E-state index in [4.69, 9.17) is 17.3 Å². The number of nitrogens with two attached hydrogens (primary N) is 1. The van der Waals surface area contributed by atoms with Gasteiger partial charge in [-0.2, -0.15) is 17.5 Å². The Hall–Kier alpha value is -0.990. The molecule has 0 saturated heterocycles. The number of alkyl halides is 3. The largest absolute Gasteiger partial charge is 0.402 e. The van der Waals surface area contributed by atoms with E-state index in [9.17, 15) is 21.6 Å². The Morgan fingerprint density at radius 1 is 1.33 bits per heavy atom. The van der Waals surface area contributed by atoms with E-state index in [1.807, 2.05) is 0 Å². The Bertz CT molecular complexity index is 603. The van der Waals surface area contributed by atoms with Gasteiger partial charge in [0.2, 0.25) is 10.0 Å². The summed E-state index contributed by atoms with van der Waals surface area (Å²) in [5, 5.41) is -0.167. The van der Waals surface area contributed by atoms with Gasteiger partial charge in [0.25, 0.3) is 0 Å². The van der Waals surface area contributed by atoms with Crippen molar-refractivity contribution >= 4 is 27.3 Å². The monoisotopic (exact) mass is 344 g/mol. The van der Waals surface area contributed by atoms with E-state index in [1.165, 1.54) is 12.1 Å². The number of sulfonamides is 1. The van der Waals surface area contributed by atoms with Crippen LogP contribution in [0.5, 0.6) is 0 Å². The molecule has 0 spiro atoms. The SMILES string of the molecule is CC(C)CN(CC(F)(F)F)S(=O)(=O)c1cc(N)ccc1Cl. The molecule has 1 aromatic rings. The van der Waals surface area contributed by atoms with Crippen molar-refractivity contribution in [3.05, 3.63) is 23.2 Å². The maximum absolute atomic E-state index is 12.6. The van der Waals surface area contributed by atoms with Crippen LogP contribution < -0.4 is 5.73 Å². The molecule has 9 heteroatoms. The molecule has 120 valence electrons. The highest BCUT2D eigenvalue weighted by molar-refractivity contribution is 7.89. The summed E-state index contributed by atoms with van der Waals surface area (Å²) >= 11 is 5.79. The van der Waals surface area contributed by atoms with Crippen molar-refractivity contribution in [1.29, 1.82) is 0 Å². The Morgan fingerprint density at radius 3 is 2.38 bits per heavy atom. The van der Waals surface area contributed by atoms with Crippen LogP contribution in [0.15, 0.2) is 23.1 Å². The molecule has 0 amide bonds. The lowest BCUT2D eigenvalue weighted by atomic mass is 10.2. The van der Waals surface area contributed by atoms with Crippen molar-refractivity contribution < 1.29 is 21.6 Å². The van der Waals surface area contributed by atoms with Crippen molar-refractivity contribution in [3.63, 3.8) is 0 Å². The van der Waals surface area contributed by atoms with Gasteiger partial charge in [-0.05, 0) is 24.1 Å². The second-order valence-corrected chi connectivity index (χ2v) is 7.31. The third kappa shape index (κ3) is 5.05. The molecule has 0 fully saturated rings. The number of anilines is 1. The summed E-state index contributed by atoms with van der Waals surface area (Å²) in [5.41, 5.74) is 5.59. The molecular formula is C12H16ClF3N2O2S. The molecule has 0 aromatic heterocycles. The average Bonchev–Trinajstić information content (AvgIpc) is 2.29. The van der Waals surface area contributed by atoms with Crippen LogP contribution in [-0.2, 0) is 10.0 Å². The van der Waals surface area contributed by atoms with Crippen molar-refractivity contribution in [3.8, 4) is 0 Å². The molecule has 0 radical (unpaired) electrons. The standard InChI is InChI=1S/C12H16ClF3N2O2S/c1-8(2)6-18(7-12(14,15)16)21(19,20)11-5-9(17)3-4-10(11)13/h3-5,8H,6-7,17H2,1-2H3. The first-order valence-corrected chi connectivity index (χ1v) is 7.87.